The lowest BCUT2D eigenvalue weighted by molar-refractivity contribution is -0.135. The highest BCUT2D eigenvalue weighted by atomic mass is 16.5. The Morgan fingerprint density at radius 1 is 1.19 bits per heavy atom. The maximum Gasteiger partial charge on any atom is 0.350 e. The first kappa shape index (κ1) is 16.6. The number of aromatic nitrogens is 4. The summed E-state index contributed by atoms with van der Waals surface area (Å²) in [4.78, 5) is 24.2. The van der Waals surface area contributed by atoms with Gasteiger partial charge in [0, 0.05) is 5.69 Å². The smallest absolute Gasteiger partial charge is 0.350 e. The Labute approximate surface area is 147 Å². The zero-order valence-electron chi connectivity index (χ0n) is 13.5. The molecular formula is C17H11N7O2. The van der Waals surface area contributed by atoms with E-state index in [-0.39, 0.29) is 17.0 Å². The number of carbonyl (C=O) groups is 1. The second-order valence-corrected chi connectivity index (χ2v) is 5.06. The first-order valence-electron chi connectivity index (χ1n) is 7.27. The number of esters is 1. The summed E-state index contributed by atoms with van der Waals surface area (Å²) in [5.74, 6) is -0.858. The van der Waals surface area contributed by atoms with Crippen LogP contribution in [0.25, 0.3) is 22.5 Å². The standard InChI is InChI=1S/C17H11N7O2/c1-26-17(25)12(7-19)13(20)14-15-16(22-8-21-14)24(9-23-15)11-4-2-10(6-18)3-5-11/h2-5,8-9H,20H2,1H3/b13-12-. The van der Waals surface area contributed by atoms with E-state index in [0.29, 0.717) is 16.7 Å². The summed E-state index contributed by atoms with van der Waals surface area (Å²) in [5.41, 5.74) is 7.63. The molecule has 2 aromatic heterocycles. The van der Waals surface area contributed by atoms with Crippen molar-refractivity contribution in [1.82, 2.24) is 19.5 Å². The van der Waals surface area contributed by atoms with Gasteiger partial charge in [0.2, 0.25) is 0 Å². The van der Waals surface area contributed by atoms with Crippen LogP contribution in [0.15, 0.2) is 42.5 Å². The maximum absolute atomic E-state index is 11.7. The number of benzene rings is 1. The molecule has 2 heterocycles. The fourth-order valence-electron chi connectivity index (χ4n) is 2.35. The van der Waals surface area contributed by atoms with Crippen LogP contribution in [0, 0.1) is 22.7 Å². The first-order chi connectivity index (χ1) is 12.6. The summed E-state index contributed by atoms with van der Waals surface area (Å²) < 4.78 is 6.24. The largest absolute Gasteiger partial charge is 0.465 e. The molecule has 0 unspecified atom stereocenters. The third kappa shape index (κ3) is 2.70. The van der Waals surface area contributed by atoms with E-state index in [4.69, 9.17) is 11.0 Å². The molecule has 0 amide bonds. The van der Waals surface area contributed by atoms with Gasteiger partial charge in [-0.1, -0.05) is 0 Å². The number of nitrogens with two attached hydrogens (primary N) is 1. The van der Waals surface area contributed by atoms with Crippen LogP contribution in [0.1, 0.15) is 11.3 Å². The summed E-state index contributed by atoms with van der Waals surface area (Å²) in [7, 11) is 1.15. The van der Waals surface area contributed by atoms with E-state index in [9.17, 15) is 10.1 Å². The molecular weight excluding hydrogens is 334 g/mol. The second-order valence-electron chi connectivity index (χ2n) is 5.06. The molecule has 1 aromatic carbocycles. The summed E-state index contributed by atoms with van der Waals surface area (Å²) >= 11 is 0. The minimum absolute atomic E-state index is 0.142. The third-order valence-electron chi connectivity index (χ3n) is 3.63. The van der Waals surface area contributed by atoms with E-state index < -0.39 is 5.97 Å². The summed E-state index contributed by atoms with van der Waals surface area (Å²) in [6, 6.07) is 10.6. The number of imidazole rings is 1. The Balaban J connectivity index is 2.18. The quantitative estimate of drug-likeness (QED) is 0.421. The molecule has 0 atom stereocenters. The maximum atomic E-state index is 11.7. The summed E-state index contributed by atoms with van der Waals surface area (Å²) in [6.07, 6.45) is 2.78. The zero-order chi connectivity index (χ0) is 18.7. The van der Waals surface area contributed by atoms with Crippen LogP contribution in [-0.2, 0) is 9.53 Å². The highest BCUT2D eigenvalue weighted by Gasteiger charge is 2.20. The van der Waals surface area contributed by atoms with Gasteiger partial charge in [-0.25, -0.2) is 19.7 Å². The lowest BCUT2D eigenvalue weighted by atomic mass is 10.1. The van der Waals surface area contributed by atoms with Gasteiger partial charge in [-0.2, -0.15) is 10.5 Å². The van der Waals surface area contributed by atoms with Gasteiger partial charge in [0.25, 0.3) is 0 Å². The van der Waals surface area contributed by atoms with E-state index in [1.165, 1.54) is 12.7 Å². The van der Waals surface area contributed by atoms with Crippen molar-refractivity contribution in [2.75, 3.05) is 7.11 Å². The fraction of sp³-hybridized carbons (Fsp3) is 0.0588. The molecule has 0 radical (unpaired) electrons. The van der Waals surface area contributed by atoms with Gasteiger partial charge in [-0.15, -0.1) is 0 Å². The van der Waals surface area contributed by atoms with Gasteiger partial charge in [-0.3, -0.25) is 4.57 Å². The zero-order valence-corrected chi connectivity index (χ0v) is 13.5. The number of nitriles is 2. The minimum Gasteiger partial charge on any atom is -0.465 e. The molecule has 126 valence electrons. The van der Waals surface area contributed by atoms with Gasteiger partial charge >= 0.3 is 5.97 Å². The molecule has 0 fully saturated rings. The minimum atomic E-state index is -0.858. The molecule has 0 aliphatic rings. The Bertz CT molecular complexity index is 1110. The van der Waals surface area contributed by atoms with Crippen molar-refractivity contribution in [2.24, 2.45) is 5.73 Å². The molecule has 26 heavy (non-hydrogen) atoms. The lowest BCUT2D eigenvalue weighted by Crippen LogP contribution is -2.12. The van der Waals surface area contributed by atoms with Crippen molar-refractivity contribution in [3.05, 3.63) is 53.8 Å². The van der Waals surface area contributed by atoms with Gasteiger partial charge in [0.15, 0.2) is 11.2 Å². The highest BCUT2D eigenvalue weighted by Crippen LogP contribution is 2.22. The molecule has 0 saturated carbocycles. The van der Waals surface area contributed by atoms with Crippen molar-refractivity contribution in [1.29, 1.82) is 10.5 Å². The fourth-order valence-corrected chi connectivity index (χ4v) is 2.35. The normalized spacial score (nSPS) is 11.3. The van der Waals surface area contributed by atoms with Crippen LogP contribution in [0.5, 0.6) is 0 Å². The van der Waals surface area contributed by atoms with Crippen molar-refractivity contribution in [3.8, 4) is 17.8 Å². The van der Waals surface area contributed by atoms with E-state index in [2.05, 4.69) is 19.7 Å². The van der Waals surface area contributed by atoms with Crippen LogP contribution in [0.3, 0.4) is 0 Å². The SMILES string of the molecule is COC(=O)/C(C#N)=C(\N)c1ncnc2c1ncn2-c1ccc(C#N)cc1. The number of carbonyl (C=O) groups excluding carboxylic acids is 1. The lowest BCUT2D eigenvalue weighted by Gasteiger charge is -2.06. The summed E-state index contributed by atoms with van der Waals surface area (Å²) in [6.45, 7) is 0. The van der Waals surface area contributed by atoms with Crippen LogP contribution in [-0.4, -0.2) is 32.6 Å². The average Bonchev–Trinajstić information content (AvgIpc) is 3.12. The Kier molecular flexibility index (Phi) is 4.29. The number of methoxy groups -OCH3 is 1. The predicted molar refractivity (Wildman–Crippen MR) is 90.1 cm³/mol. The number of hydrogen-bond donors (Lipinski definition) is 1. The molecule has 2 N–H and O–H groups in total. The van der Waals surface area contributed by atoms with Crippen LogP contribution in [0.4, 0.5) is 0 Å². The van der Waals surface area contributed by atoms with Crippen molar-refractivity contribution in [3.63, 3.8) is 0 Å². The average molecular weight is 345 g/mol. The molecule has 0 bridgehead atoms. The highest BCUT2D eigenvalue weighted by molar-refractivity contribution is 6.02. The van der Waals surface area contributed by atoms with Crippen LogP contribution >= 0.6 is 0 Å². The predicted octanol–water partition coefficient (Wildman–Crippen LogP) is 1.05. The topological polar surface area (TPSA) is 144 Å². The van der Waals surface area contributed by atoms with Crippen molar-refractivity contribution in [2.45, 2.75) is 0 Å². The molecule has 9 heteroatoms. The Hall–Kier alpha value is -4.24. The van der Waals surface area contributed by atoms with E-state index in [1.54, 1.807) is 34.9 Å². The molecule has 9 nitrogen and oxygen atoms in total. The van der Waals surface area contributed by atoms with Crippen molar-refractivity contribution < 1.29 is 9.53 Å². The molecule has 3 aromatic rings. The summed E-state index contributed by atoms with van der Waals surface area (Å²) in [5, 5.41) is 18.1. The van der Waals surface area contributed by atoms with E-state index in [0.717, 1.165) is 12.8 Å². The molecule has 0 aliphatic heterocycles. The number of hydrogen-bond acceptors (Lipinski definition) is 8. The number of nitrogens with zero attached hydrogens (tertiary/aromatic N) is 6. The van der Waals surface area contributed by atoms with Crippen molar-refractivity contribution >= 4 is 22.8 Å². The van der Waals surface area contributed by atoms with E-state index >= 15 is 0 Å². The third-order valence-corrected chi connectivity index (χ3v) is 3.63. The van der Waals surface area contributed by atoms with Gasteiger partial charge in [0.1, 0.15) is 29.9 Å². The second kappa shape index (κ2) is 6.71. The molecule has 3 rings (SSSR count). The Morgan fingerprint density at radius 2 is 1.92 bits per heavy atom. The monoisotopic (exact) mass is 345 g/mol. The van der Waals surface area contributed by atoms with Gasteiger partial charge in [0.05, 0.1) is 24.4 Å². The number of rotatable bonds is 3. The molecule has 0 spiro atoms. The van der Waals surface area contributed by atoms with E-state index in [1.807, 2.05) is 6.07 Å². The number of ether oxygens (including phenoxy) is 1. The Morgan fingerprint density at radius 3 is 2.54 bits per heavy atom. The van der Waals surface area contributed by atoms with Crippen LogP contribution < -0.4 is 5.73 Å². The van der Waals surface area contributed by atoms with Gasteiger partial charge < -0.3 is 10.5 Å². The molecule has 0 saturated heterocycles. The number of fused-ring (bicyclic) bond motifs is 1. The molecule has 0 aliphatic carbocycles. The van der Waals surface area contributed by atoms with Gasteiger partial charge in [-0.05, 0) is 24.3 Å². The van der Waals surface area contributed by atoms with Crippen LogP contribution in [0.2, 0.25) is 0 Å². The first-order valence-corrected chi connectivity index (χ1v) is 7.27.